The summed E-state index contributed by atoms with van der Waals surface area (Å²) in [5, 5.41) is 20.9. The summed E-state index contributed by atoms with van der Waals surface area (Å²) in [6.07, 6.45) is 2.59. The van der Waals surface area contributed by atoms with Crippen molar-refractivity contribution in [2.45, 2.75) is 65.5 Å². The van der Waals surface area contributed by atoms with Crippen LogP contribution in [0.4, 0.5) is 0 Å². The molecule has 14 heteroatoms. The van der Waals surface area contributed by atoms with Crippen LogP contribution in [0.2, 0.25) is 0 Å². The number of hydrogen-bond acceptors (Lipinski definition) is 9. The molecule has 0 aromatic carbocycles. The Labute approximate surface area is 209 Å². The second-order valence-electron chi connectivity index (χ2n) is 8.71. The summed E-state index contributed by atoms with van der Waals surface area (Å²) >= 11 is 0. The molecule has 2 rings (SSSR count). The molecule has 1 aromatic heterocycles. The highest BCUT2D eigenvalue weighted by Gasteiger charge is 2.34. The number of nitrogens with zero attached hydrogens (tertiary/aromatic N) is 4. The molecule has 0 radical (unpaired) electrons. The van der Waals surface area contributed by atoms with Crippen LogP contribution in [0.1, 0.15) is 58.7 Å². The average molecular weight is 509 g/mol. The number of carbonyl (C=O) groups excluding carboxylic acids is 5. The van der Waals surface area contributed by atoms with E-state index in [-0.39, 0.29) is 61.6 Å². The van der Waals surface area contributed by atoms with Crippen LogP contribution in [0.3, 0.4) is 0 Å². The van der Waals surface area contributed by atoms with E-state index in [2.05, 4.69) is 36.6 Å². The lowest BCUT2D eigenvalue weighted by atomic mass is 9.91. The topological polar surface area (TPSA) is 188 Å². The summed E-state index contributed by atoms with van der Waals surface area (Å²) in [4.78, 5) is 62.7. The number of likely N-dealkylation sites (tertiary alicyclic amines) is 1. The fourth-order valence-corrected chi connectivity index (χ4v) is 4.01. The molecule has 4 amide bonds. The van der Waals surface area contributed by atoms with Gasteiger partial charge in [-0.3, -0.25) is 24.0 Å². The maximum atomic E-state index is 12.6. The van der Waals surface area contributed by atoms with Gasteiger partial charge in [0, 0.05) is 13.0 Å². The van der Waals surface area contributed by atoms with Gasteiger partial charge in [-0.05, 0) is 32.1 Å². The minimum absolute atomic E-state index is 0.0210. The van der Waals surface area contributed by atoms with Crippen molar-refractivity contribution in [3.63, 3.8) is 0 Å². The fraction of sp³-hybridized carbons (Fsp3) is 0.727. The molecule has 1 aliphatic heterocycles. The van der Waals surface area contributed by atoms with E-state index in [4.69, 9.17) is 4.74 Å². The van der Waals surface area contributed by atoms with E-state index in [1.54, 1.807) is 13.8 Å². The zero-order valence-corrected chi connectivity index (χ0v) is 21.0. The number of rotatable bonds is 14. The van der Waals surface area contributed by atoms with Gasteiger partial charge in [-0.15, -0.1) is 10.2 Å². The van der Waals surface area contributed by atoms with Gasteiger partial charge in [0.05, 0.1) is 32.2 Å². The van der Waals surface area contributed by atoms with Crippen molar-refractivity contribution in [2.24, 2.45) is 11.8 Å². The maximum Gasteiger partial charge on any atom is 0.308 e. The summed E-state index contributed by atoms with van der Waals surface area (Å²) in [5.74, 6) is -1.82. The molecule has 0 spiro atoms. The zero-order valence-electron chi connectivity index (χ0n) is 21.0. The summed E-state index contributed by atoms with van der Waals surface area (Å²) < 4.78 is 5.01. The molecule has 0 saturated carbocycles. The smallest absolute Gasteiger partial charge is 0.308 e. The lowest BCUT2D eigenvalue weighted by Gasteiger charge is -2.24. The van der Waals surface area contributed by atoms with Crippen LogP contribution in [0.25, 0.3) is 0 Å². The van der Waals surface area contributed by atoms with Gasteiger partial charge in [0.15, 0.2) is 5.82 Å². The normalized spacial score (nSPS) is 16.6. The van der Waals surface area contributed by atoms with Gasteiger partial charge in [0.2, 0.25) is 23.6 Å². The van der Waals surface area contributed by atoms with E-state index in [9.17, 15) is 24.0 Å². The quantitative estimate of drug-likeness (QED) is 0.230. The Hall–Kier alpha value is -3.58. The Bertz CT molecular complexity index is 893. The number of ether oxygens (including phenoxy) is 1. The number of hydrogen-bond donors (Lipinski definition) is 4. The van der Waals surface area contributed by atoms with E-state index in [1.165, 1.54) is 4.90 Å². The van der Waals surface area contributed by atoms with Crippen molar-refractivity contribution >= 4 is 29.6 Å². The number of H-pyrrole nitrogens is 1. The van der Waals surface area contributed by atoms with Gasteiger partial charge in [-0.25, -0.2) is 0 Å². The van der Waals surface area contributed by atoms with Gasteiger partial charge in [-0.1, -0.05) is 25.5 Å². The number of aromatic nitrogens is 4. The molecule has 36 heavy (non-hydrogen) atoms. The number of amides is 4. The van der Waals surface area contributed by atoms with Crippen LogP contribution in [-0.2, 0) is 35.3 Å². The van der Waals surface area contributed by atoms with Gasteiger partial charge in [0.25, 0.3) is 0 Å². The van der Waals surface area contributed by atoms with E-state index in [0.29, 0.717) is 44.7 Å². The Morgan fingerprint density at radius 1 is 1.11 bits per heavy atom. The highest BCUT2D eigenvalue weighted by molar-refractivity contribution is 5.91. The highest BCUT2D eigenvalue weighted by atomic mass is 16.5. The predicted octanol–water partition coefficient (Wildman–Crippen LogP) is -0.955. The second-order valence-corrected chi connectivity index (χ2v) is 8.71. The minimum atomic E-state index is -0.635. The van der Waals surface area contributed by atoms with Gasteiger partial charge >= 0.3 is 5.97 Å². The highest BCUT2D eigenvalue weighted by Crippen LogP contribution is 2.20. The van der Waals surface area contributed by atoms with Crippen LogP contribution in [0, 0.1) is 11.8 Å². The zero-order chi connectivity index (χ0) is 26.5. The number of tetrazole rings is 1. The Kier molecular flexibility index (Phi) is 11.7. The molecule has 2 heterocycles. The third-order valence-electron chi connectivity index (χ3n) is 6.00. The van der Waals surface area contributed by atoms with Crippen molar-refractivity contribution < 1.29 is 28.7 Å². The number of esters is 1. The number of carbonyl (C=O) groups is 5. The summed E-state index contributed by atoms with van der Waals surface area (Å²) in [6.45, 7) is 5.71. The average Bonchev–Trinajstić information content (AvgIpc) is 3.56. The Morgan fingerprint density at radius 2 is 1.86 bits per heavy atom. The predicted molar refractivity (Wildman–Crippen MR) is 126 cm³/mol. The van der Waals surface area contributed by atoms with E-state index >= 15 is 0 Å². The summed E-state index contributed by atoms with van der Waals surface area (Å²) in [5.41, 5.74) is 0. The van der Waals surface area contributed by atoms with Crippen LogP contribution in [0.15, 0.2) is 0 Å². The lowest BCUT2D eigenvalue weighted by molar-refractivity contribution is -0.148. The number of aromatic amines is 1. The molecular formula is C22H36N8O6. The maximum absolute atomic E-state index is 12.6. The molecule has 14 nitrogen and oxygen atoms in total. The molecule has 1 aliphatic rings. The molecule has 1 aromatic rings. The van der Waals surface area contributed by atoms with Gasteiger partial charge in [0.1, 0.15) is 6.04 Å². The van der Waals surface area contributed by atoms with Crippen LogP contribution in [0.5, 0.6) is 0 Å². The first-order chi connectivity index (χ1) is 17.2. The molecule has 2 unspecified atom stereocenters. The third-order valence-corrected chi connectivity index (χ3v) is 6.00. The first-order valence-electron chi connectivity index (χ1n) is 12.2. The van der Waals surface area contributed by atoms with Crippen molar-refractivity contribution in [3.8, 4) is 0 Å². The molecule has 3 atom stereocenters. The van der Waals surface area contributed by atoms with E-state index in [1.807, 2.05) is 6.92 Å². The van der Waals surface area contributed by atoms with Crippen LogP contribution < -0.4 is 16.0 Å². The fourth-order valence-electron chi connectivity index (χ4n) is 4.01. The SMILES string of the molecule is CCOC(=O)C(C)CC(CC)CC(=O)NCC(=O)NCC(=O)N1CCC[C@H]1C(=O)NCc1nn[nH]n1. The molecule has 1 fully saturated rings. The first kappa shape index (κ1) is 28.7. The Balaban J connectivity index is 1.70. The lowest BCUT2D eigenvalue weighted by Crippen LogP contribution is -2.49. The van der Waals surface area contributed by atoms with Gasteiger partial charge < -0.3 is 25.6 Å². The first-order valence-corrected chi connectivity index (χ1v) is 12.2. The van der Waals surface area contributed by atoms with Gasteiger partial charge in [-0.2, -0.15) is 5.21 Å². The monoisotopic (exact) mass is 508 g/mol. The van der Waals surface area contributed by atoms with Crippen molar-refractivity contribution in [1.82, 2.24) is 41.5 Å². The van der Waals surface area contributed by atoms with E-state index in [0.717, 1.165) is 0 Å². The summed E-state index contributed by atoms with van der Waals surface area (Å²) in [7, 11) is 0. The van der Waals surface area contributed by atoms with E-state index < -0.39 is 11.9 Å². The molecular weight excluding hydrogens is 472 g/mol. The van der Waals surface area contributed by atoms with Crippen molar-refractivity contribution in [2.75, 3.05) is 26.2 Å². The molecule has 1 saturated heterocycles. The Morgan fingerprint density at radius 3 is 2.53 bits per heavy atom. The summed E-state index contributed by atoms with van der Waals surface area (Å²) in [6, 6.07) is -0.635. The van der Waals surface area contributed by atoms with Crippen molar-refractivity contribution in [3.05, 3.63) is 5.82 Å². The minimum Gasteiger partial charge on any atom is -0.466 e. The largest absolute Gasteiger partial charge is 0.466 e. The molecule has 4 N–H and O–H groups in total. The number of nitrogens with one attached hydrogen (secondary N) is 4. The van der Waals surface area contributed by atoms with Crippen LogP contribution >= 0.6 is 0 Å². The molecule has 0 aliphatic carbocycles. The van der Waals surface area contributed by atoms with Crippen molar-refractivity contribution in [1.29, 1.82) is 0 Å². The van der Waals surface area contributed by atoms with Crippen LogP contribution in [-0.4, -0.2) is 87.4 Å². The molecule has 200 valence electrons. The standard InChI is InChI=1S/C22H36N8O6/c1-4-15(9-14(3)22(35)36-5-2)10-18(31)23-12-19(32)24-13-20(33)30-8-6-7-16(30)21(34)25-11-17-26-28-29-27-17/h14-16H,4-13H2,1-3H3,(H,23,31)(H,24,32)(H,25,34)(H,26,27,28,29)/t14?,15?,16-/m0/s1. The third kappa shape index (κ3) is 9.23. The second kappa shape index (κ2) is 14.7. The molecule has 0 bridgehead atoms.